The number of rotatable bonds is 3. The zero-order chi connectivity index (χ0) is 16.5. The monoisotopic (exact) mass is 332 g/mol. The van der Waals surface area contributed by atoms with Crippen LogP contribution in [-0.2, 0) is 17.9 Å². The second-order valence-corrected chi connectivity index (χ2v) is 7.29. The number of nitro benzene ring substituents is 1. The number of non-ortho nitro benzene ring substituents is 1. The Hall–Kier alpha value is -1.66. The van der Waals surface area contributed by atoms with Gasteiger partial charge in [-0.15, -0.1) is 0 Å². The quantitative estimate of drug-likeness (QED) is 0.626. The Balaban J connectivity index is 1.55. The van der Waals surface area contributed by atoms with Crippen molar-refractivity contribution in [2.24, 2.45) is 11.8 Å². The van der Waals surface area contributed by atoms with Crippen molar-refractivity contribution < 1.29 is 14.4 Å². The van der Waals surface area contributed by atoms with E-state index >= 15 is 0 Å². The zero-order valence-corrected chi connectivity index (χ0v) is 13.9. The molecule has 6 nitrogen and oxygen atoms in total. The van der Waals surface area contributed by atoms with Crippen molar-refractivity contribution >= 4 is 5.69 Å². The Morgan fingerprint density at radius 1 is 1.21 bits per heavy atom. The van der Waals surface area contributed by atoms with Crippen LogP contribution in [0.4, 0.5) is 5.69 Å². The van der Waals surface area contributed by atoms with Crippen molar-refractivity contribution in [1.29, 1.82) is 0 Å². The van der Waals surface area contributed by atoms with Gasteiger partial charge < -0.3 is 9.47 Å². The van der Waals surface area contributed by atoms with E-state index in [1.165, 1.54) is 32.1 Å². The lowest BCUT2D eigenvalue weighted by molar-refractivity contribution is -0.385. The van der Waals surface area contributed by atoms with E-state index in [4.69, 9.17) is 9.47 Å². The lowest BCUT2D eigenvalue weighted by Gasteiger charge is -2.41. The summed E-state index contributed by atoms with van der Waals surface area (Å²) < 4.78 is 11.0. The largest absolute Gasteiger partial charge is 0.467 e. The number of nitrogens with zero attached hydrogens (tertiary/aromatic N) is 2. The van der Waals surface area contributed by atoms with Crippen LogP contribution >= 0.6 is 0 Å². The molecule has 2 atom stereocenters. The van der Waals surface area contributed by atoms with Crippen molar-refractivity contribution in [1.82, 2.24) is 4.90 Å². The second kappa shape index (κ2) is 6.69. The molecule has 0 radical (unpaired) electrons. The van der Waals surface area contributed by atoms with E-state index in [1.807, 2.05) is 0 Å². The van der Waals surface area contributed by atoms with Crippen molar-refractivity contribution in [3.8, 4) is 5.75 Å². The van der Waals surface area contributed by atoms with Gasteiger partial charge in [0.15, 0.2) is 6.79 Å². The molecule has 1 aromatic rings. The lowest BCUT2D eigenvalue weighted by atomic mass is 9.75. The SMILES string of the molecule is O=[N+]([O-])c1cc2c(c(CN3CC[C@@H]4CCCC[C@H]4C3)c1)OCOC2. The van der Waals surface area contributed by atoms with Crippen LogP contribution in [0.25, 0.3) is 0 Å². The van der Waals surface area contributed by atoms with Gasteiger partial charge in [0, 0.05) is 36.3 Å². The molecule has 0 unspecified atom stereocenters. The Morgan fingerprint density at radius 3 is 2.88 bits per heavy atom. The molecule has 130 valence electrons. The number of likely N-dealkylation sites (tertiary alicyclic amines) is 1. The Bertz CT molecular complexity index is 634. The first kappa shape index (κ1) is 15.8. The summed E-state index contributed by atoms with van der Waals surface area (Å²) in [6, 6.07) is 3.25. The highest BCUT2D eigenvalue weighted by Crippen LogP contribution is 2.38. The minimum Gasteiger partial charge on any atom is -0.467 e. The smallest absolute Gasteiger partial charge is 0.270 e. The number of hydrogen-bond donors (Lipinski definition) is 0. The fraction of sp³-hybridized carbons (Fsp3) is 0.667. The molecule has 0 spiro atoms. The average molecular weight is 332 g/mol. The van der Waals surface area contributed by atoms with Crippen LogP contribution in [0.2, 0.25) is 0 Å². The second-order valence-electron chi connectivity index (χ2n) is 7.29. The summed E-state index contributed by atoms with van der Waals surface area (Å²) >= 11 is 0. The lowest BCUT2D eigenvalue weighted by Crippen LogP contribution is -2.41. The molecule has 1 aliphatic carbocycles. The Labute approximate surface area is 141 Å². The molecular formula is C18H24N2O4. The van der Waals surface area contributed by atoms with E-state index in [0.29, 0.717) is 6.61 Å². The molecule has 0 bridgehead atoms. The molecule has 1 saturated heterocycles. The number of piperidine rings is 1. The van der Waals surface area contributed by atoms with Gasteiger partial charge in [-0.3, -0.25) is 15.0 Å². The van der Waals surface area contributed by atoms with Crippen molar-refractivity contribution in [3.63, 3.8) is 0 Å². The maximum atomic E-state index is 11.2. The summed E-state index contributed by atoms with van der Waals surface area (Å²) in [4.78, 5) is 13.4. The maximum Gasteiger partial charge on any atom is 0.270 e. The molecule has 0 aromatic heterocycles. The van der Waals surface area contributed by atoms with Gasteiger partial charge in [0.05, 0.1) is 11.5 Å². The van der Waals surface area contributed by atoms with Gasteiger partial charge in [0.25, 0.3) is 5.69 Å². The molecule has 2 fully saturated rings. The van der Waals surface area contributed by atoms with Crippen molar-refractivity contribution in [3.05, 3.63) is 33.4 Å². The average Bonchev–Trinajstić information content (AvgIpc) is 2.61. The van der Waals surface area contributed by atoms with Crippen LogP contribution in [-0.4, -0.2) is 29.7 Å². The molecular weight excluding hydrogens is 308 g/mol. The van der Waals surface area contributed by atoms with Gasteiger partial charge in [0.1, 0.15) is 5.75 Å². The van der Waals surface area contributed by atoms with E-state index in [-0.39, 0.29) is 17.4 Å². The minimum absolute atomic E-state index is 0.130. The zero-order valence-electron chi connectivity index (χ0n) is 13.9. The van der Waals surface area contributed by atoms with Gasteiger partial charge in [-0.1, -0.05) is 19.3 Å². The third-order valence-electron chi connectivity index (χ3n) is 5.75. The molecule has 2 aliphatic heterocycles. The topological polar surface area (TPSA) is 64.8 Å². The van der Waals surface area contributed by atoms with Gasteiger partial charge in [-0.25, -0.2) is 0 Å². The molecule has 2 heterocycles. The first-order chi connectivity index (χ1) is 11.7. The normalized spacial score (nSPS) is 27.0. The molecule has 6 heteroatoms. The number of ether oxygens (including phenoxy) is 2. The fourth-order valence-electron chi connectivity index (χ4n) is 4.56. The van der Waals surface area contributed by atoms with Gasteiger partial charge in [0.2, 0.25) is 0 Å². The van der Waals surface area contributed by atoms with Crippen molar-refractivity contribution in [2.45, 2.75) is 45.3 Å². The molecule has 1 aromatic carbocycles. The van der Waals surface area contributed by atoms with E-state index in [2.05, 4.69) is 4.90 Å². The third-order valence-corrected chi connectivity index (χ3v) is 5.75. The van der Waals surface area contributed by atoms with Crippen LogP contribution in [0.5, 0.6) is 5.75 Å². The molecule has 4 rings (SSSR count). The van der Waals surface area contributed by atoms with Crippen LogP contribution in [0.15, 0.2) is 12.1 Å². The van der Waals surface area contributed by atoms with Gasteiger partial charge in [-0.05, 0) is 31.2 Å². The highest BCUT2D eigenvalue weighted by atomic mass is 16.7. The summed E-state index contributed by atoms with van der Waals surface area (Å²) in [6.07, 6.45) is 6.70. The maximum absolute atomic E-state index is 11.2. The van der Waals surface area contributed by atoms with Crippen LogP contribution in [0.1, 0.15) is 43.2 Å². The molecule has 0 amide bonds. The summed E-state index contributed by atoms with van der Waals surface area (Å²) in [5.74, 6) is 2.47. The predicted molar refractivity (Wildman–Crippen MR) is 88.7 cm³/mol. The van der Waals surface area contributed by atoms with E-state index < -0.39 is 0 Å². The summed E-state index contributed by atoms with van der Waals surface area (Å²) in [5, 5.41) is 11.2. The summed E-state index contributed by atoms with van der Waals surface area (Å²) in [6.45, 7) is 3.53. The fourth-order valence-corrected chi connectivity index (χ4v) is 4.56. The molecule has 3 aliphatic rings. The van der Waals surface area contributed by atoms with Crippen LogP contribution < -0.4 is 4.74 Å². The summed E-state index contributed by atoms with van der Waals surface area (Å²) in [5.41, 5.74) is 1.85. The number of nitro groups is 1. The number of benzene rings is 1. The van der Waals surface area contributed by atoms with Gasteiger partial charge in [-0.2, -0.15) is 0 Å². The van der Waals surface area contributed by atoms with E-state index in [1.54, 1.807) is 12.1 Å². The van der Waals surface area contributed by atoms with E-state index in [9.17, 15) is 10.1 Å². The predicted octanol–water partition coefficient (Wildman–Crippen LogP) is 3.47. The Kier molecular flexibility index (Phi) is 4.41. The third kappa shape index (κ3) is 3.13. The van der Waals surface area contributed by atoms with E-state index in [0.717, 1.165) is 48.3 Å². The van der Waals surface area contributed by atoms with Crippen molar-refractivity contribution in [2.75, 3.05) is 19.9 Å². The molecule has 1 saturated carbocycles. The molecule has 0 N–H and O–H groups in total. The highest BCUT2D eigenvalue weighted by molar-refractivity contribution is 5.50. The first-order valence-electron chi connectivity index (χ1n) is 8.94. The summed E-state index contributed by atoms with van der Waals surface area (Å²) in [7, 11) is 0. The van der Waals surface area contributed by atoms with Crippen LogP contribution in [0, 0.1) is 22.0 Å². The standard InChI is InChI=1S/C18H24N2O4/c21-20(22)17-7-15(18-16(8-17)11-23-12-24-18)10-19-6-5-13-3-1-2-4-14(13)9-19/h7-8,13-14H,1-6,9-12H2/t13-,14-/m0/s1. The van der Waals surface area contributed by atoms with Gasteiger partial charge >= 0.3 is 0 Å². The number of hydrogen-bond acceptors (Lipinski definition) is 5. The minimum atomic E-state index is -0.328. The number of fused-ring (bicyclic) bond motifs is 2. The molecule has 24 heavy (non-hydrogen) atoms. The Morgan fingerprint density at radius 2 is 2.04 bits per heavy atom. The highest BCUT2D eigenvalue weighted by Gasteiger charge is 2.32. The first-order valence-corrected chi connectivity index (χ1v) is 8.94. The van der Waals surface area contributed by atoms with Crippen LogP contribution in [0.3, 0.4) is 0 Å².